The van der Waals surface area contributed by atoms with Crippen LogP contribution in [0.5, 0.6) is 0 Å². The number of aryl methyl sites for hydroxylation is 1. The molecule has 2 aromatic rings. The van der Waals surface area contributed by atoms with Crippen LogP contribution in [0.4, 0.5) is 10.6 Å². The highest BCUT2D eigenvalue weighted by Crippen LogP contribution is 2.31. The van der Waals surface area contributed by atoms with E-state index >= 15 is 0 Å². The summed E-state index contributed by atoms with van der Waals surface area (Å²) < 4.78 is 5.56. The van der Waals surface area contributed by atoms with Crippen LogP contribution < -0.4 is 4.90 Å². The van der Waals surface area contributed by atoms with Gasteiger partial charge in [-0.05, 0) is 53.2 Å². The number of pyridine rings is 1. The van der Waals surface area contributed by atoms with Crippen molar-refractivity contribution in [1.82, 2.24) is 14.9 Å². The van der Waals surface area contributed by atoms with E-state index in [-0.39, 0.29) is 18.2 Å². The molecule has 0 spiro atoms. The molecule has 3 heterocycles. The lowest BCUT2D eigenvalue weighted by atomic mass is 10.1. The van der Waals surface area contributed by atoms with Crippen LogP contribution in [0.25, 0.3) is 10.9 Å². The maximum atomic E-state index is 12.5. The van der Waals surface area contributed by atoms with Crippen molar-refractivity contribution in [3.05, 3.63) is 24.0 Å². The first-order valence-corrected chi connectivity index (χ1v) is 8.86. The number of piperazine rings is 1. The molecule has 0 unspecified atom stereocenters. The van der Waals surface area contributed by atoms with E-state index in [0.717, 1.165) is 23.3 Å². The van der Waals surface area contributed by atoms with Crippen molar-refractivity contribution < 1.29 is 9.53 Å². The van der Waals surface area contributed by atoms with Crippen LogP contribution in [0.3, 0.4) is 0 Å². The van der Waals surface area contributed by atoms with Crippen LogP contribution >= 0.6 is 0 Å². The second-order valence-corrected chi connectivity index (χ2v) is 8.01. The molecule has 25 heavy (non-hydrogen) atoms. The van der Waals surface area contributed by atoms with Crippen molar-refractivity contribution in [2.45, 2.75) is 59.2 Å². The third kappa shape index (κ3) is 3.43. The Labute approximate surface area is 149 Å². The van der Waals surface area contributed by atoms with E-state index in [9.17, 15) is 4.79 Å². The third-order valence-corrected chi connectivity index (χ3v) is 4.66. The quantitative estimate of drug-likeness (QED) is 0.857. The fourth-order valence-corrected chi connectivity index (χ4v) is 3.43. The monoisotopic (exact) mass is 344 g/mol. The SMILES string of the molecule is Cc1c[nH]c2ccnc(N3C[C@@H](C)N(C(=O)OC(C)(C)C)C[C@@H]3C)c12. The summed E-state index contributed by atoms with van der Waals surface area (Å²) in [7, 11) is 0. The summed E-state index contributed by atoms with van der Waals surface area (Å²) in [6, 6.07) is 2.22. The van der Waals surface area contributed by atoms with Crippen LogP contribution in [0.2, 0.25) is 0 Å². The molecule has 0 saturated carbocycles. The number of ether oxygens (including phenoxy) is 1. The molecule has 1 N–H and O–H groups in total. The summed E-state index contributed by atoms with van der Waals surface area (Å²) in [6.45, 7) is 13.3. The number of nitrogens with zero attached hydrogens (tertiary/aromatic N) is 3. The summed E-state index contributed by atoms with van der Waals surface area (Å²) in [5.41, 5.74) is 1.80. The number of rotatable bonds is 1. The average molecular weight is 344 g/mol. The number of H-pyrrole nitrogens is 1. The number of carbonyl (C=O) groups is 1. The van der Waals surface area contributed by atoms with Gasteiger partial charge in [-0.2, -0.15) is 0 Å². The molecular formula is C19H28N4O2. The van der Waals surface area contributed by atoms with Gasteiger partial charge in [-0.25, -0.2) is 9.78 Å². The number of amides is 1. The normalized spacial score (nSPS) is 21.7. The van der Waals surface area contributed by atoms with Gasteiger partial charge in [-0.3, -0.25) is 0 Å². The molecule has 1 saturated heterocycles. The summed E-state index contributed by atoms with van der Waals surface area (Å²) in [6.07, 6.45) is 3.61. The Bertz CT molecular complexity index is 777. The van der Waals surface area contributed by atoms with E-state index in [4.69, 9.17) is 4.74 Å². The van der Waals surface area contributed by atoms with Crippen molar-refractivity contribution in [3.63, 3.8) is 0 Å². The van der Waals surface area contributed by atoms with Crippen LogP contribution in [0, 0.1) is 6.92 Å². The fraction of sp³-hybridized carbons (Fsp3) is 0.579. The van der Waals surface area contributed by atoms with Crippen molar-refractivity contribution in [2.24, 2.45) is 0 Å². The zero-order valence-electron chi connectivity index (χ0n) is 16.0. The molecule has 6 heteroatoms. The van der Waals surface area contributed by atoms with Crippen molar-refractivity contribution in [3.8, 4) is 0 Å². The number of nitrogens with one attached hydrogen (secondary N) is 1. The van der Waals surface area contributed by atoms with E-state index < -0.39 is 5.60 Å². The largest absolute Gasteiger partial charge is 0.444 e. The molecule has 136 valence electrons. The average Bonchev–Trinajstić information content (AvgIpc) is 2.89. The highest BCUT2D eigenvalue weighted by Gasteiger charge is 2.35. The van der Waals surface area contributed by atoms with Gasteiger partial charge in [-0.15, -0.1) is 0 Å². The van der Waals surface area contributed by atoms with Crippen LogP contribution in [0.1, 0.15) is 40.2 Å². The van der Waals surface area contributed by atoms with Crippen LogP contribution in [-0.4, -0.2) is 51.7 Å². The standard InChI is InChI=1S/C19H28N4O2/c1-12-9-21-15-7-8-20-17(16(12)15)22-10-14(3)23(11-13(22)2)18(24)25-19(4,5)6/h7-9,13-14,21H,10-11H2,1-6H3/t13-,14+/m0/s1. The molecule has 3 rings (SSSR count). The molecule has 2 aromatic heterocycles. The first-order chi connectivity index (χ1) is 11.7. The molecule has 1 amide bonds. The van der Waals surface area contributed by atoms with Gasteiger partial charge < -0.3 is 19.5 Å². The summed E-state index contributed by atoms with van der Waals surface area (Å²) in [5, 5.41) is 1.16. The molecule has 0 aromatic carbocycles. The van der Waals surface area contributed by atoms with Gasteiger partial charge in [0.1, 0.15) is 11.4 Å². The van der Waals surface area contributed by atoms with Gasteiger partial charge >= 0.3 is 6.09 Å². The van der Waals surface area contributed by atoms with Gasteiger partial charge in [0.2, 0.25) is 0 Å². The molecular weight excluding hydrogens is 316 g/mol. The molecule has 0 bridgehead atoms. The first-order valence-electron chi connectivity index (χ1n) is 8.86. The smallest absolute Gasteiger partial charge is 0.410 e. The first kappa shape index (κ1) is 17.6. The zero-order valence-corrected chi connectivity index (χ0v) is 16.0. The lowest BCUT2D eigenvalue weighted by molar-refractivity contribution is 0.0130. The molecule has 1 aliphatic heterocycles. The summed E-state index contributed by atoms with van der Waals surface area (Å²) >= 11 is 0. The maximum Gasteiger partial charge on any atom is 0.410 e. The third-order valence-electron chi connectivity index (χ3n) is 4.66. The van der Waals surface area contributed by atoms with E-state index in [1.165, 1.54) is 5.56 Å². The number of aromatic nitrogens is 2. The number of aromatic amines is 1. The number of carbonyl (C=O) groups excluding carboxylic acids is 1. The Morgan fingerprint density at radius 3 is 2.68 bits per heavy atom. The van der Waals surface area contributed by atoms with E-state index in [2.05, 4.69) is 35.6 Å². The predicted molar refractivity (Wildman–Crippen MR) is 100 cm³/mol. The minimum atomic E-state index is -0.480. The zero-order chi connectivity index (χ0) is 18.4. The van der Waals surface area contributed by atoms with Crippen molar-refractivity contribution in [1.29, 1.82) is 0 Å². The van der Waals surface area contributed by atoms with Gasteiger partial charge in [-0.1, -0.05) is 0 Å². The van der Waals surface area contributed by atoms with Crippen LogP contribution in [-0.2, 0) is 4.74 Å². The number of hydrogen-bond donors (Lipinski definition) is 1. The van der Waals surface area contributed by atoms with Crippen molar-refractivity contribution in [2.75, 3.05) is 18.0 Å². The molecule has 0 radical (unpaired) electrons. The Balaban J connectivity index is 1.85. The van der Waals surface area contributed by atoms with Gasteiger partial charge in [0.05, 0.1) is 5.52 Å². The lowest BCUT2D eigenvalue weighted by Gasteiger charge is -2.44. The second kappa shape index (κ2) is 6.24. The van der Waals surface area contributed by atoms with E-state index in [1.54, 1.807) is 0 Å². The predicted octanol–water partition coefficient (Wildman–Crippen LogP) is 3.71. The second-order valence-electron chi connectivity index (χ2n) is 8.01. The number of anilines is 1. The molecule has 0 aliphatic carbocycles. The van der Waals surface area contributed by atoms with E-state index in [1.807, 2.05) is 44.1 Å². The van der Waals surface area contributed by atoms with Gasteiger partial charge in [0, 0.05) is 43.0 Å². The molecule has 6 nitrogen and oxygen atoms in total. The highest BCUT2D eigenvalue weighted by atomic mass is 16.6. The number of fused-ring (bicyclic) bond motifs is 1. The minimum absolute atomic E-state index is 0.0577. The summed E-state index contributed by atoms with van der Waals surface area (Å²) in [5.74, 6) is 0.986. The van der Waals surface area contributed by atoms with Crippen LogP contribution in [0.15, 0.2) is 18.5 Å². The molecule has 1 fully saturated rings. The lowest BCUT2D eigenvalue weighted by Crippen LogP contribution is -2.59. The number of hydrogen-bond acceptors (Lipinski definition) is 4. The minimum Gasteiger partial charge on any atom is -0.444 e. The fourth-order valence-electron chi connectivity index (χ4n) is 3.43. The van der Waals surface area contributed by atoms with Gasteiger partial charge in [0.25, 0.3) is 0 Å². The molecule has 1 aliphatic rings. The Kier molecular flexibility index (Phi) is 4.39. The van der Waals surface area contributed by atoms with Gasteiger partial charge in [0.15, 0.2) is 0 Å². The Morgan fingerprint density at radius 1 is 1.28 bits per heavy atom. The topological polar surface area (TPSA) is 61.5 Å². The summed E-state index contributed by atoms with van der Waals surface area (Å²) in [4.78, 5) is 24.6. The van der Waals surface area contributed by atoms with E-state index in [0.29, 0.717) is 6.54 Å². The maximum absolute atomic E-state index is 12.5. The highest BCUT2D eigenvalue weighted by molar-refractivity contribution is 5.93. The Hall–Kier alpha value is -2.24. The Morgan fingerprint density at radius 2 is 2.00 bits per heavy atom. The van der Waals surface area contributed by atoms with Crippen molar-refractivity contribution >= 4 is 22.8 Å². The molecule has 2 atom stereocenters.